The zero-order valence-corrected chi connectivity index (χ0v) is 15.9. The molecule has 3 aliphatic rings. The van der Waals surface area contributed by atoms with Gasteiger partial charge in [-0.2, -0.15) is 0 Å². The van der Waals surface area contributed by atoms with Crippen molar-refractivity contribution in [2.24, 2.45) is 0 Å². The highest BCUT2D eigenvalue weighted by molar-refractivity contribution is 6.35. The Labute approximate surface area is 162 Å². The average molecular weight is 367 g/mol. The molecule has 3 amide bonds. The van der Waals surface area contributed by atoms with Gasteiger partial charge in [0, 0.05) is 13.1 Å². The molecular formula is C21H28BN2O3. The van der Waals surface area contributed by atoms with Crippen LogP contribution >= 0.6 is 0 Å². The van der Waals surface area contributed by atoms with Crippen molar-refractivity contribution < 1.29 is 14.3 Å². The maximum absolute atomic E-state index is 12.3. The second kappa shape index (κ2) is 8.36. The number of carbonyl (C=O) groups is 2. The van der Waals surface area contributed by atoms with Crippen molar-refractivity contribution in [3.05, 3.63) is 29.8 Å². The van der Waals surface area contributed by atoms with Gasteiger partial charge in [-0.1, -0.05) is 37.4 Å². The van der Waals surface area contributed by atoms with E-state index in [-0.39, 0.29) is 18.0 Å². The zero-order chi connectivity index (χ0) is 18.6. The van der Waals surface area contributed by atoms with E-state index in [9.17, 15) is 9.59 Å². The standard InChI is InChI=1S/C21H28BN2O3/c25-20-18-8-6-14-23(18)21(26)24(20)13-5-1-4-12-22-15-17-11-10-16-7-2-3-9-19(16)27-17/h2-3,7,9,17-18H,1,4-6,8,10-15H2. The number of hydrogen-bond acceptors (Lipinski definition) is 3. The fraction of sp³-hybridized carbons (Fsp3) is 0.619. The lowest BCUT2D eigenvalue weighted by atomic mass is 9.67. The number of urea groups is 1. The van der Waals surface area contributed by atoms with Gasteiger partial charge in [-0.05, 0) is 50.1 Å². The number of ether oxygens (including phenoxy) is 1. The van der Waals surface area contributed by atoms with Gasteiger partial charge in [0.1, 0.15) is 19.1 Å². The Balaban J connectivity index is 1.08. The molecule has 143 valence electrons. The number of amides is 3. The normalized spacial score (nSPS) is 24.0. The van der Waals surface area contributed by atoms with Gasteiger partial charge in [-0.15, -0.1) is 0 Å². The van der Waals surface area contributed by atoms with Gasteiger partial charge in [0.05, 0.1) is 6.10 Å². The van der Waals surface area contributed by atoms with Crippen LogP contribution in [0.1, 0.15) is 44.1 Å². The minimum absolute atomic E-state index is 0.0267. The maximum atomic E-state index is 12.3. The second-order valence-electron chi connectivity index (χ2n) is 7.88. The molecule has 6 heteroatoms. The minimum atomic E-state index is -0.161. The van der Waals surface area contributed by atoms with E-state index in [2.05, 4.69) is 25.5 Å². The van der Waals surface area contributed by atoms with E-state index < -0.39 is 0 Å². The molecule has 5 nitrogen and oxygen atoms in total. The van der Waals surface area contributed by atoms with Crippen molar-refractivity contribution in [3.8, 4) is 5.75 Å². The molecule has 2 saturated heterocycles. The monoisotopic (exact) mass is 367 g/mol. The predicted octanol–water partition coefficient (Wildman–Crippen LogP) is 3.52. The molecule has 0 spiro atoms. The Morgan fingerprint density at radius 1 is 1.11 bits per heavy atom. The van der Waals surface area contributed by atoms with E-state index in [1.54, 1.807) is 4.90 Å². The number of fused-ring (bicyclic) bond motifs is 2. The summed E-state index contributed by atoms with van der Waals surface area (Å²) in [5.74, 6) is 1.07. The summed E-state index contributed by atoms with van der Waals surface area (Å²) in [6, 6.07) is 8.09. The number of unbranched alkanes of at least 4 members (excludes halogenated alkanes) is 2. The quantitative estimate of drug-likeness (QED) is 0.401. The molecule has 2 unspecified atom stereocenters. The van der Waals surface area contributed by atoms with Crippen molar-refractivity contribution in [3.63, 3.8) is 0 Å². The van der Waals surface area contributed by atoms with Crippen molar-refractivity contribution in [2.45, 2.75) is 69.7 Å². The van der Waals surface area contributed by atoms with E-state index in [1.165, 1.54) is 10.5 Å². The van der Waals surface area contributed by atoms with Gasteiger partial charge in [-0.25, -0.2) is 4.79 Å². The molecule has 27 heavy (non-hydrogen) atoms. The zero-order valence-electron chi connectivity index (χ0n) is 15.9. The number of para-hydroxylation sites is 1. The molecule has 0 saturated carbocycles. The highest BCUT2D eigenvalue weighted by Crippen LogP contribution is 2.29. The SMILES string of the molecule is O=C1C2CCCN2C(=O)N1CCCCC[B]CC1CCc2ccccc2O1. The number of nitrogens with zero attached hydrogens (tertiary/aromatic N) is 2. The second-order valence-corrected chi connectivity index (χ2v) is 7.88. The fourth-order valence-electron chi connectivity index (χ4n) is 4.47. The van der Waals surface area contributed by atoms with E-state index >= 15 is 0 Å². The van der Waals surface area contributed by atoms with E-state index in [1.807, 2.05) is 6.07 Å². The Kier molecular flexibility index (Phi) is 5.70. The van der Waals surface area contributed by atoms with Crippen LogP contribution in [0.5, 0.6) is 5.75 Å². The fourth-order valence-corrected chi connectivity index (χ4v) is 4.47. The summed E-state index contributed by atoms with van der Waals surface area (Å²) < 4.78 is 6.07. The van der Waals surface area contributed by atoms with Gasteiger partial charge in [-0.3, -0.25) is 9.69 Å². The average Bonchev–Trinajstić information content (AvgIpc) is 3.26. The van der Waals surface area contributed by atoms with Crippen molar-refractivity contribution in [1.82, 2.24) is 9.80 Å². The van der Waals surface area contributed by atoms with Crippen LogP contribution in [0.15, 0.2) is 24.3 Å². The molecule has 0 aromatic heterocycles. The summed E-state index contributed by atoms with van der Waals surface area (Å²) in [5, 5.41) is 0. The molecule has 0 N–H and O–H groups in total. The number of hydrogen-bond donors (Lipinski definition) is 0. The first-order chi connectivity index (χ1) is 13.2. The third-order valence-electron chi connectivity index (χ3n) is 6.00. The van der Waals surface area contributed by atoms with Crippen LogP contribution in [0.2, 0.25) is 12.6 Å². The third-order valence-corrected chi connectivity index (χ3v) is 6.00. The number of aryl methyl sites for hydroxylation is 1. The van der Waals surface area contributed by atoms with Crippen molar-refractivity contribution in [2.75, 3.05) is 13.1 Å². The first-order valence-corrected chi connectivity index (χ1v) is 10.4. The number of carbonyl (C=O) groups excluding carboxylic acids is 2. The largest absolute Gasteiger partial charge is 0.491 e. The number of benzene rings is 1. The molecule has 3 aliphatic heterocycles. The van der Waals surface area contributed by atoms with Crippen LogP contribution in [0.4, 0.5) is 4.79 Å². The lowest BCUT2D eigenvalue weighted by Crippen LogP contribution is -2.33. The molecule has 3 heterocycles. The Morgan fingerprint density at radius 3 is 2.89 bits per heavy atom. The summed E-state index contributed by atoms with van der Waals surface area (Å²) in [6.45, 7) is 1.32. The highest BCUT2D eigenvalue weighted by atomic mass is 16.5. The van der Waals surface area contributed by atoms with Gasteiger partial charge in [0.2, 0.25) is 0 Å². The van der Waals surface area contributed by atoms with E-state index in [0.29, 0.717) is 12.6 Å². The summed E-state index contributed by atoms with van der Waals surface area (Å²) in [4.78, 5) is 27.7. The summed E-state index contributed by atoms with van der Waals surface area (Å²) in [5.41, 5.74) is 1.32. The molecule has 1 aromatic rings. The summed E-state index contributed by atoms with van der Waals surface area (Å²) in [7, 11) is 2.33. The van der Waals surface area contributed by atoms with Gasteiger partial charge < -0.3 is 9.64 Å². The summed E-state index contributed by atoms with van der Waals surface area (Å²) in [6.07, 6.45) is 9.40. The lowest BCUT2D eigenvalue weighted by molar-refractivity contribution is -0.128. The molecule has 4 rings (SSSR count). The Morgan fingerprint density at radius 2 is 2.00 bits per heavy atom. The van der Waals surface area contributed by atoms with Crippen molar-refractivity contribution in [1.29, 1.82) is 0 Å². The van der Waals surface area contributed by atoms with Crippen LogP contribution in [0.3, 0.4) is 0 Å². The highest BCUT2D eigenvalue weighted by Gasteiger charge is 2.46. The third kappa shape index (κ3) is 3.99. The molecule has 2 fully saturated rings. The van der Waals surface area contributed by atoms with Gasteiger partial charge in [0.25, 0.3) is 5.91 Å². The number of rotatable bonds is 8. The van der Waals surface area contributed by atoms with Crippen LogP contribution in [-0.2, 0) is 11.2 Å². The van der Waals surface area contributed by atoms with Crippen LogP contribution in [0.25, 0.3) is 0 Å². The smallest absolute Gasteiger partial charge is 0.327 e. The van der Waals surface area contributed by atoms with Crippen LogP contribution in [-0.4, -0.2) is 54.3 Å². The topological polar surface area (TPSA) is 49.9 Å². The minimum Gasteiger partial charge on any atom is -0.491 e. The van der Waals surface area contributed by atoms with Gasteiger partial charge in [0.15, 0.2) is 0 Å². The first kappa shape index (κ1) is 18.4. The van der Waals surface area contributed by atoms with Crippen LogP contribution < -0.4 is 4.74 Å². The molecule has 1 radical (unpaired) electrons. The molecule has 0 bridgehead atoms. The number of imide groups is 1. The van der Waals surface area contributed by atoms with Crippen LogP contribution in [0, 0.1) is 0 Å². The maximum Gasteiger partial charge on any atom is 0.327 e. The molecular weight excluding hydrogens is 339 g/mol. The van der Waals surface area contributed by atoms with Crippen molar-refractivity contribution >= 4 is 19.2 Å². The first-order valence-electron chi connectivity index (χ1n) is 10.4. The predicted molar refractivity (Wildman–Crippen MR) is 105 cm³/mol. The molecule has 2 atom stereocenters. The Hall–Kier alpha value is -1.98. The van der Waals surface area contributed by atoms with E-state index in [0.717, 1.165) is 69.9 Å². The molecule has 1 aromatic carbocycles. The Bertz CT molecular complexity index is 674. The lowest BCUT2D eigenvalue weighted by Gasteiger charge is -2.26. The van der Waals surface area contributed by atoms with E-state index in [4.69, 9.17) is 4.74 Å². The van der Waals surface area contributed by atoms with Gasteiger partial charge >= 0.3 is 6.03 Å². The molecule has 0 aliphatic carbocycles. The summed E-state index contributed by atoms with van der Waals surface area (Å²) >= 11 is 0.